The molecule has 4 nitrogen and oxygen atoms in total. The molecule has 3 aliphatic rings. The lowest BCUT2D eigenvalue weighted by Gasteiger charge is -2.44. The van der Waals surface area contributed by atoms with Crippen molar-refractivity contribution in [2.45, 2.75) is 11.8 Å². The minimum Gasteiger partial charge on any atom is -0.322 e. The van der Waals surface area contributed by atoms with Crippen LogP contribution in [0.1, 0.15) is 65.9 Å². The van der Waals surface area contributed by atoms with Gasteiger partial charge in [-0.05, 0) is 69.8 Å². The van der Waals surface area contributed by atoms with Gasteiger partial charge in [0.05, 0.1) is 0 Å². The fourth-order valence-electron chi connectivity index (χ4n) is 6.07. The summed E-state index contributed by atoms with van der Waals surface area (Å²) in [7, 11) is 0. The van der Waals surface area contributed by atoms with Crippen molar-refractivity contribution in [3.05, 3.63) is 166 Å². The Labute approximate surface area is 221 Å². The quantitative estimate of drug-likeness (QED) is 0.273. The van der Waals surface area contributed by atoms with Gasteiger partial charge in [-0.15, -0.1) is 0 Å². The zero-order valence-electron chi connectivity index (χ0n) is 20.5. The highest BCUT2D eigenvalue weighted by atomic mass is 16.2. The molecule has 0 aliphatic heterocycles. The van der Waals surface area contributed by atoms with Crippen LogP contribution in [0.3, 0.4) is 0 Å². The maximum Gasteiger partial charge on any atom is 0.255 e. The first-order valence-electron chi connectivity index (χ1n) is 12.8. The number of carbonyl (C=O) groups is 2. The van der Waals surface area contributed by atoms with E-state index in [-0.39, 0.29) is 23.7 Å². The number of anilines is 2. The van der Waals surface area contributed by atoms with Gasteiger partial charge in [0.1, 0.15) is 0 Å². The summed E-state index contributed by atoms with van der Waals surface area (Å²) in [4.78, 5) is 26.5. The predicted molar refractivity (Wildman–Crippen MR) is 150 cm³/mol. The molecule has 3 aliphatic carbocycles. The fourth-order valence-corrected chi connectivity index (χ4v) is 6.07. The molecule has 4 heteroatoms. The molecule has 0 spiro atoms. The third-order valence-corrected chi connectivity index (χ3v) is 7.67. The Morgan fingerprint density at radius 2 is 0.737 bits per heavy atom. The van der Waals surface area contributed by atoms with Crippen LogP contribution in [0.15, 0.2) is 121 Å². The third kappa shape index (κ3) is 3.46. The smallest absolute Gasteiger partial charge is 0.255 e. The number of carbonyl (C=O) groups excluding carboxylic acids is 2. The number of rotatable bonds is 4. The van der Waals surface area contributed by atoms with Crippen LogP contribution < -0.4 is 10.6 Å². The van der Waals surface area contributed by atoms with Gasteiger partial charge in [-0.2, -0.15) is 0 Å². The minimum atomic E-state index is -0.156. The second-order valence-corrected chi connectivity index (χ2v) is 9.75. The van der Waals surface area contributed by atoms with Crippen molar-refractivity contribution in [2.24, 2.45) is 0 Å². The van der Waals surface area contributed by atoms with Crippen LogP contribution in [0, 0.1) is 0 Å². The van der Waals surface area contributed by atoms with Crippen molar-refractivity contribution < 1.29 is 9.59 Å². The molecule has 0 heterocycles. The molecule has 0 fully saturated rings. The summed E-state index contributed by atoms with van der Waals surface area (Å²) in [5, 5.41) is 6.39. The molecule has 182 valence electrons. The van der Waals surface area contributed by atoms with Crippen molar-refractivity contribution >= 4 is 23.2 Å². The average molecular weight is 493 g/mol. The highest BCUT2D eigenvalue weighted by Crippen LogP contribution is 2.59. The molecule has 0 radical (unpaired) electrons. The molecule has 0 saturated carbocycles. The van der Waals surface area contributed by atoms with E-state index in [1.165, 1.54) is 22.3 Å². The minimum absolute atomic E-state index is 0.0537. The first-order valence-corrected chi connectivity index (χ1v) is 12.8. The maximum atomic E-state index is 13.3. The number of amides is 2. The largest absolute Gasteiger partial charge is 0.322 e. The monoisotopic (exact) mass is 492 g/mol. The predicted octanol–water partition coefficient (Wildman–Crippen LogP) is 7.18. The second-order valence-electron chi connectivity index (χ2n) is 9.75. The number of hydrogen-bond donors (Lipinski definition) is 2. The van der Waals surface area contributed by atoms with Crippen molar-refractivity contribution in [3.63, 3.8) is 0 Å². The van der Waals surface area contributed by atoms with Crippen molar-refractivity contribution in [2.75, 3.05) is 10.6 Å². The number of benzene rings is 5. The van der Waals surface area contributed by atoms with E-state index in [2.05, 4.69) is 59.2 Å². The lowest BCUT2D eigenvalue weighted by molar-refractivity contribution is 0.101. The highest BCUT2D eigenvalue weighted by Gasteiger charge is 2.44. The Morgan fingerprint density at radius 3 is 1.08 bits per heavy atom. The molecule has 38 heavy (non-hydrogen) atoms. The molecule has 2 N–H and O–H groups in total. The van der Waals surface area contributed by atoms with Gasteiger partial charge in [-0.3, -0.25) is 9.59 Å². The summed E-state index contributed by atoms with van der Waals surface area (Å²) in [6.45, 7) is 0. The molecule has 0 atom stereocenters. The van der Waals surface area contributed by atoms with Gasteiger partial charge in [0.15, 0.2) is 0 Å². The van der Waals surface area contributed by atoms with E-state index in [4.69, 9.17) is 0 Å². The molecule has 2 amide bonds. The Balaban J connectivity index is 1.42. The zero-order chi connectivity index (χ0) is 25.6. The Bertz CT molecular complexity index is 1540. The summed E-state index contributed by atoms with van der Waals surface area (Å²) in [5.74, 6) is -0.419. The lowest BCUT2D eigenvalue weighted by atomic mass is 9.60. The highest BCUT2D eigenvalue weighted by molar-refractivity contribution is 6.07. The van der Waals surface area contributed by atoms with E-state index in [1.807, 2.05) is 72.8 Å². The van der Waals surface area contributed by atoms with Gasteiger partial charge in [-0.1, -0.05) is 84.9 Å². The first-order chi connectivity index (χ1) is 18.7. The molecule has 0 unspecified atom stereocenters. The zero-order valence-corrected chi connectivity index (χ0v) is 20.5. The van der Waals surface area contributed by atoms with Crippen LogP contribution in [-0.2, 0) is 0 Å². The molecule has 0 saturated heterocycles. The molecule has 2 bridgehead atoms. The van der Waals surface area contributed by atoms with Crippen molar-refractivity contribution in [1.29, 1.82) is 0 Å². The van der Waals surface area contributed by atoms with Gasteiger partial charge in [-0.25, -0.2) is 0 Å². The van der Waals surface area contributed by atoms with E-state index in [9.17, 15) is 9.59 Å². The third-order valence-electron chi connectivity index (χ3n) is 7.67. The summed E-state index contributed by atoms with van der Waals surface area (Å²) < 4.78 is 0. The van der Waals surface area contributed by atoms with Crippen LogP contribution in [-0.4, -0.2) is 11.8 Å². The standard InChI is InChI=1S/C34H24N2O2/c37-33(21-11-3-1-4-12-21)35-27-19-20-28(36-34(38)22-13-5-2-6-14-22)32-30-25-17-9-7-15-23(25)29(31(27)32)24-16-8-10-18-26(24)30/h1-20,29-30H,(H,35,37)(H,36,38). The van der Waals surface area contributed by atoms with Gasteiger partial charge >= 0.3 is 0 Å². The maximum absolute atomic E-state index is 13.3. The Morgan fingerprint density at radius 1 is 0.421 bits per heavy atom. The molecule has 5 aromatic carbocycles. The van der Waals surface area contributed by atoms with Crippen molar-refractivity contribution in [3.8, 4) is 0 Å². The van der Waals surface area contributed by atoms with Gasteiger partial charge in [0.2, 0.25) is 0 Å². The lowest BCUT2D eigenvalue weighted by Crippen LogP contribution is -2.30. The molecule has 8 rings (SSSR count). The molecule has 5 aromatic rings. The van der Waals surface area contributed by atoms with Gasteiger partial charge < -0.3 is 10.6 Å². The molecular formula is C34H24N2O2. The Kier molecular flexibility index (Phi) is 5.19. The van der Waals surface area contributed by atoms with Gasteiger partial charge in [0, 0.05) is 34.3 Å². The van der Waals surface area contributed by atoms with E-state index in [0.29, 0.717) is 11.1 Å². The summed E-state index contributed by atoms with van der Waals surface area (Å²) in [6.07, 6.45) is 0. The fraction of sp³-hybridized carbons (Fsp3) is 0.0588. The summed E-state index contributed by atoms with van der Waals surface area (Å²) >= 11 is 0. The first kappa shape index (κ1) is 22.3. The van der Waals surface area contributed by atoms with Crippen LogP contribution >= 0.6 is 0 Å². The number of nitrogens with one attached hydrogen (secondary N) is 2. The van der Waals surface area contributed by atoms with E-state index < -0.39 is 0 Å². The van der Waals surface area contributed by atoms with E-state index in [1.54, 1.807) is 0 Å². The van der Waals surface area contributed by atoms with Crippen LogP contribution in [0.5, 0.6) is 0 Å². The summed E-state index contributed by atoms with van der Waals surface area (Å²) in [6, 6.07) is 39.4. The second kappa shape index (κ2) is 8.86. The van der Waals surface area contributed by atoms with Crippen LogP contribution in [0.4, 0.5) is 11.4 Å². The SMILES string of the molecule is O=C(Nc1ccc(NC(=O)c2ccccc2)c2c1C1c3ccccc3C2c2ccccc21)c1ccccc1. The Hall–Kier alpha value is -4.96. The number of hydrogen-bond acceptors (Lipinski definition) is 2. The summed E-state index contributed by atoms with van der Waals surface area (Å²) in [5.41, 5.74) is 9.79. The normalized spacial score (nSPS) is 16.1. The van der Waals surface area contributed by atoms with E-state index >= 15 is 0 Å². The van der Waals surface area contributed by atoms with Crippen molar-refractivity contribution in [1.82, 2.24) is 0 Å². The van der Waals surface area contributed by atoms with E-state index in [0.717, 1.165) is 22.5 Å². The van der Waals surface area contributed by atoms with Gasteiger partial charge in [0.25, 0.3) is 11.8 Å². The average Bonchev–Trinajstić information content (AvgIpc) is 2.98. The van der Waals surface area contributed by atoms with Crippen LogP contribution in [0.25, 0.3) is 0 Å². The molecular weight excluding hydrogens is 468 g/mol. The molecule has 0 aromatic heterocycles. The van der Waals surface area contributed by atoms with Crippen LogP contribution in [0.2, 0.25) is 0 Å². The topological polar surface area (TPSA) is 58.2 Å².